The fraction of sp³-hybridized carbons (Fsp3) is 0.476. The highest BCUT2D eigenvalue weighted by molar-refractivity contribution is 7.20. The number of nitrogens with one attached hydrogen (secondary N) is 2. The van der Waals surface area contributed by atoms with E-state index in [1.54, 1.807) is 13.8 Å². The van der Waals surface area contributed by atoms with E-state index in [0.29, 0.717) is 11.3 Å². The number of hydrogen-bond acceptors (Lipinski definition) is 5. The van der Waals surface area contributed by atoms with Crippen LogP contribution in [0.3, 0.4) is 0 Å². The van der Waals surface area contributed by atoms with Crippen molar-refractivity contribution in [2.75, 3.05) is 6.61 Å². The van der Waals surface area contributed by atoms with Crippen molar-refractivity contribution in [1.82, 2.24) is 10.6 Å². The Balaban J connectivity index is 1.76. The van der Waals surface area contributed by atoms with Crippen molar-refractivity contribution < 1.29 is 19.1 Å². The predicted molar refractivity (Wildman–Crippen MR) is 110 cm³/mol. The third-order valence-corrected chi connectivity index (χ3v) is 6.33. The molecule has 7 heteroatoms. The minimum atomic E-state index is -1.07. The lowest BCUT2D eigenvalue weighted by molar-refractivity contribution is -0.130. The molecule has 1 aliphatic rings. The van der Waals surface area contributed by atoms with Gasteiger partial charge in [0.2, 0.25) is 5.91 Å². The topological polar surface area (TPSA) is 84.5 Å². The van der Waals surface area contributed by atoms with E-state index in [9.17, 15) is 14.4 Å². The molecule has 28 heavy (non-hydrogen) atoms. The number of rotatable bonds is 6. The molecule has 150 valence electrons. The normalized spacial score (nSPS) is 23.2. The molecule has 2 N–H and O–H groups in total. The summed E-state index contributed by atoms with van der Waals surface area (Å²) >= 11 is 1.39. The summed E-state index contributed by atoms with van der Waals surface area (Å²) in [6, 6.07) is 8.87. The second-order valence-electron chi connectivity index (χ2n) is 7.87. The molecule has 3 rings (SSSR count). The van der Waals surface area contributed by atoms with Gasteiger partial charge in [-0.05, 0) is 43.7 Å². The molecule has 2 amide bonds. The second kappa shape index (κ2) is 8.01. The molecule has 3 unspecified atom stereocenters. The number of carbonyl (C=O) groups is 3. The Bertz CT molecular complexity index is 874. The van der Waals surface area contributed by atoms with Crippen molar-refractivity contribution in [3.63, 3.8) is 0 Å². The summed E-state index contributed by atoms with van der Waals surface area (Å²) in [5, 5.41) is 6.67. The van der Waals surface area contributed by atoms with Crippen molar-refractivity contribution in [3.05, 3.63) is 35.2 Å². The van der Waals surface area contributed by atoms with E-state index >= 15 is 0 Å². The number of thiophene rings is 1. The molecule has 1 saturated heterocycles. The third kappa shape index (κ3) is 4.10. The smallest absolute Gasteiger partial charge is 0.262 e. The molecule has 6 nitrogen and oxygen atoms in total. The number of ketones is 1. The highest BCUT2D eigenvalue weighted by atomic mass is 32.1. The van der Waals surface area contributed by atoms with Crippen LogP contribution < -0.4 is 10.6 Å². The minimum Gasteiger partial charge on any atom is -0.368 e. The molecule has 0 saturated carbocycles. The molecule has 1 aromatic carbocycles. The fourth-order valence-corrected chi connectivity index (χ4v) is 4.25. The summed E-state index contributed by atoms with van der Waals surface area (Å²) in [4.78, 5) is 38.5. The monoisotopic (exact) mass is 402 g/mol. The van der Waals surface area contributed by atoms with Gasteiger partial charge in [-0.2, -0.15) is 0 Å². The molecule has 1 aliphatic heterocycles. The largest absolute Gasteiger partial charge is 0.368 e. The Hall–Kier alpha value is -2.25. The average molecular weight is 403 g/mol. The van der Waals surface area contributed by atoms with Gasteiger partial charge in [0.25, 0.3) is 5.91 Å². The van der Waals surface area contributed by atoms with Crippen molar-refractivity contribution in [3.8, 4) is 0 Å². The summed E-state index contributed by atoms with van der Waals surface area (Å²) in [5.41, 5.74) is -1.07. The van der Waals surface area contributed by atoms with Gasteiger partial charge >= 0.3 is 0 Å². The van der Waals surface area contributed by atoms with Gasteiger partial charge in [-0.3, -0.25) is 14.4 Å². The maximum Gasteiger partial charge on any atom is 0.262 e. The van der Waals surface area contributed by atoms with E-state index in [1.807, 2.05) is 44.2 Å². The number of benzene rings is 1. The summed E-state index contributed by atoms with van der Waals surface area (Å²) < 4.78 is 6.40. The maximum absolute atomic E-state index is 12.9. The molecule has 0 radical (unpaired) electrons. The minimum absolute atomic E-state index is 0.0130. The van der Waals surface area contributed by atoms with Gasteiger partial charge < -0.3 is 15.4 Å². The van der Waals surface area contributed by atoms with Crippen LogP contribution in [-0.4, -0.2) is 41.9 Å². The van der Waals surface area contributed by atoms with Crippen LogP contribution in [0.15, 0.2) is 30.3 Å². The van der Waals surface area contributed by atoms with Crippen LogP contribution in [-0.2, 0) is 14.3 Å². The zero-order chi connectivity index (χ0) is 20.5. The summed E-state index contributed by atoms with van der Waals surface area (Å²) in [5.74, 6) is -0.614. The Morgan fingerprint density at radius 1 is 1.32 bits per heavy atom. The number of hydrogen-bond donors (Lipinski definition) is 2. The van der Waals surface area contributed by atoms with Crippen molar-refractivity contribution in [1.29, 1.82) is 0 Å². The molecule has 3 atom stereocenters. The van der Waals surface area contributed by atoms with Gasteiger partial charge in [0.1, 0.15) is 18.2 Å². The summed E-state index contributed by atoms with van der Waals surface area (Å²) in [6.07, 6.45) is 0.0593. The van der Waals surface area contributed by atoms with E-state index < -0.39 is 17.7 Å². The lowest BCUT2D eigenvalue weighted by atomic mass is 9.92. The standard InChI is InChI=1S/C21H26N2O4S/c1-12(2)9-15(19(25)23-21(4)13(3)27-11-18(21)24)22-20(26)17-10-14-7-5-6-8-16(14)28-17/h5-8,10,12-13,15H,9,11H2,1-4H3,(H,22,26)(H,23,25). The van der Waals surface area contributed by atoms with Crippen LogP contribution >= 0.6 is 11.3 Å². The number of amides is 2. The summed E-state index contributed by atoms with van der Waals surface area (Å²) in [7, 11) is 0. The van der Waals surface area contributed by atoms with Gasteiger partial charge in [-0.25, -0.2) is 0 Å². The van der Waals surface area contributed by atoms with Gasteiger partial charge in [-0.1, -0.05) is 32.0 Å². The molecule has 0 spiro atoms. The molecule has 1 aromatic heterocycles. The molecule has 1 fully saturated rings. The molecule has 2 aromatic rings. The first kappa shape index (κ1) is 20.5. The Kier molecular flexibility index (Phi) is 5.86. The molecular formula is C21H26N2O4S. The van der Waals surface area contributed by atoms with Crippen LogP contribution in [0.5, 0.6) is 0 Å². The number of ether oxygens (including phenoxy) is 1. The molecule has 2 heterocycles. The first-order chi connectivity index (χ1) is 13.2. The lowest BCUT2D eigenvalue weighted by Gasteiger charge is -2.30. The van der Waals surface area contributed by atoms with Crippen LogP contribution in [0.1, 0.15) is 43.8 Å². The first-order valence-electron chi connectivity index (χ1n) is 9.47. The Labute approximate surface area is 168 Å². The number of fused-ring (bicyclic) bond motifs is 1. The zero-order valence-corrected chi connectivity index (χ0v) is 17.4. The number of Topliss-reactive ketones (excluding diaryl/α,β-unsaturated/α-hetero) is 1. The average Bonchev–Trinajstić information content (AvgIpc) is 3.18. The molecular weight excluding hydrogens is 376 g/mol. The second-order valence-corrected chi connectivity index (χ2v) is 8.96. The van der Waals surface area contributed by atoms with Crippen molar-refractivity contribution in [2.45, 2.75) is 51.8 Å². The van der Waals surface area contributed by atoms with Gasteiger partial charge in [0.15, 0.2) is 5.78 Å². The van der Waals surface area contributed by atoms with Crippen LogP contribution in [0.25, 0.3) is 10.1 Å². The fourth-order valence-electron chi connectivity index (χ4n) is 3.28. The van der Waals surface area contributed by atoms with Gasteiger partial charge in [0, 0.05) is 4.70 Å². The van der Waals surface area contributed by atoms with Crippen LogP contribution in [0, 0.1) is 5.92 Å². The quantitative estimate of drug-likeness (QED) is 0.778. The van der Waals surface area contributed by atoms with E-state index in [0.717, 1.165) is 10.1 Å². The van der Waals surface area contributed by atoms with Gasteiger partial charge in [0.05, 0.1) is 11.0 Å². The highest BCUT2D eigenvalue weighted by Crippen LogP contribution is 2.26. The lowest BCUT2D eigenvalue weighted by Crippen LogP contribution is -2.60. The SMILES string of the molecule is CC(C)CC(NC(=O)c1cc2ccccc2s1)C(=O)NC1(C)C(=O)COC1C. The first-order valence-corrected chi connectivity index (χ1v) is 10.3. The Morgan fingerprint density at radius 3 is 2.64 bits per heavy atom. The third-order valence-electron chi connectivity index (χ3n) is 5.22. The Morgan fingerprint density at radius 2 is 2.04 bits per heavy atom. The van der Waals surface area contributed by atoms with Crippen LogP contribution in [0.4, 0.5) is 0 Å². The predicted octanol–water partition coefficient (Wildman–Crippen LogP) is 2.91. The summed E-state index contributed by atoms with van der Waals surface area (Å²) in [6.45, 7) is 7.39. The van der Waals surface area contributed by atoms with E-state index in [-0.39, 0.29) is 30.1 Å². The zero-order valence-electron chi connectivity index (χ0n) is 16.6. The van der Waals surface area contributed by atoms with E-state index in [1.165, 1.54) is 11.3 Å². The molecule has 0 aliphatic carbocycles. The van der Waals surface area contributed by atoms with Crippen molar-refractivity contribution in [2.24, 2.45) is 5.92 Å². The van der Waals surface area contributed by atoms with E-state index in [4.69, 9.17) is 4.74 Å². The van der Waals surface area contributed by atoms with Crippen molar-refractivity contribution >= 4 is 39.0 Å². The maximum atomic E-state index is 12.9. The highest BCUT2D eigenvalue weighted by Gasteiger charge is 2.47. The van der Waals surface area contributed by atoms with Crippen LogP contribution in [0.2, 0.25) is 0 Å². The van der Waals surface area contributed by atoms with E-state index in [2.05, 4.69) is 10.6 Å². The number of carbonyl (C=O) groups excluding carboxylic acids is 3. The molecule has 0 bridgehead atoms. The van der Waals surface area contributed by atoms with Gasteiger partial charge in [-0.15, -0.1) is 11.3 Å².